The summed E-state index contributed by atoms with van der Waals surface area (Å²) in [7, 11) is 0. The van der Waals surface area contributed by atoms with Gasteiger partial charge in [0.1, 0.15) is 11.4 Å². The SMILES string of the molecule is Cc1ccnc(-c2noc(-c3ccc(C)cc3O)n2)c1. The number of aromatic nitrogens is 3. The highest BCUT2D eigenvalue weighted by Crippen LogP contribution is 2.29. The summed E-state index contributed by atoms with van der Waals surface area (Å²) in [4.78, 5) is 8.49. The highest BCUT2D eigenvalue weighted by molar-refractivity contribution is 5.64. The van der Waals surface area contributed by atoms with Gasteiger partial charge in [-0.25, -0.2) is 0 Å². The van der Waals surface area contributed by atoms with E-state index in [0.29, 0.717) is 17.1 Å². The number of phenols is 1. The van der Waals surface area contributed by atoms with Crippen molar-refractivity contribution in [1.29, 1.82) is 0 Å². The van der Waals surface area contributed by atoms with Gasteiger partial charge in [0, 0.05) is 6.20 Å². The number of rotatable bonds is 2. The third-order valence-corrected chi connectivity index (χ3v) is 2.95. The predicted molar refractivity (Wildman–Crippen MR) is 74.1 cm³/mol. The van der Waals surface area contributed by atoms with E-state index >= 15 is 0 Å². The topological polar surface area (TPSA) is 72.0 Å². The molecule has 20 heavy (non-hydrogen) atoms. The van der Waals surface area contributed by atoms with E-state index < -0.39 is 0 Å². The van der Waals surface area contributed by atoms with Crippen molar-refractivity contribution in [2.45, 2.75) is 13.8 Å². The second-order valence-electron chi connectivity index (χ2n) is 4.66. The summed E-state index contributed by atoms with van der Waals surface area (Å²) in [6, 6.07) is 9.07. The molecule has 0 atom stereocenters. The summed E-state index contributed by atoms with van der Waals surface area (Å²) in [5, 5.41) is 13.8. The summed E-state index contributed by atoms with van der Waals surface area (Å²) in [6.45, 7) is 3.87. The Morgan fingerprint density at radius 2 is 1.85 bits per heavy atom. The molecule has 5 heteroatoms. The van der Waals surface area contributed by atoms with E-state index in [1.165, 1.54) is 0 Å². The molecule has 0 aliphatic carbocycles. The molecule has 0 bridgehead atoms. The Morgan fingerprint density at radius 1 is 1.05 bits per heavy atom. The first-order chi connectivity index (χ1) is 9.63. The zero-order chi connectivity index (χ0) is 14.1. The van der Waals surface area contributed by atoms with Gasteiger partial charge in [-0.2, -0.15) is 4.98 Å². The van der Waals surface area contributed by atoms with Gasteiger partial charge in [0.05, 0.1) is 5.56 Å². The number of aryl methyl sites for hydroxylation is 2. The fourth-order valence-corrected chi connectivity index (χ4v) is 1.92. The Balaban J connectivity index is 2.02. The molecule has 0 radical (unpaired) electrons. The maximum absolute atomic E-state index is 9.93. The maximum atomic E-state index is 9.93. The van der Waals surface area contributed by atoms with Crippen LogP contribution in [-0.4, -0.2) is 20.2 Å². The third kappa shape index (κ3) is 2.25. The van der Waals surface area contributed by atoms with Crippen LogP contribution in [0, 0.1) is 13.8 Å². The van der Waals surface area contributed by atoms with E-state index in [9.17, 15) is 5.11 Å². The van der Waals surface area contributed by atoms with Gasteiger partial charge in [0.15, 0.2) is 0 Å². The van der Waals surface area contributed by atoms with Gasteiger partial charge in [-0.1, -0.05) is 11.2 Å². The molecule has 2 heterocycles. The Kier molecular flexibility index (Phi) is 2.95. The van der Waals surface area contributed by atoms with E-state index in [4.69, 9.17) is 4.52 Å². The Morgan fingerprint density at radius 3 is 2.60 bits per heavy atom. The molecule has 0 saturated carbocycles. The Hall–Kier alpha value is -2.69. The first kappa shape index (κ1) is 12.3. The lowest BCUT2D eigenvalue weighted by Crippen LogP contribution is -1.86. The smallest absolute Gasteiger partial charge is 0.262 e. The van der Waals surface area contributed by atoms with Crippen LogP contribution in [-0.2, 0) is 0 Å². The van der Waals surface area contributed by atoms with Gasteiger partial charge in [-0.15, -0.1) is 0 Å². The molecular formula is C15H13N3O2. The number of pyridine rings is 1. The molecule has 100 valence electrons. The van der Waals surface area contributed by atoms with Crippen molar-refractivity contribution in [3.8, 4) is 28.7 Å². The third-order valence-electron chi connectivity index (χ3n) is 2.95. The number of nitrogens with zero attached hydrogens (tertiary/aromatic N) is 3. The number of aromatic hydroxyl groups is 1. The first-order valence-electron chi connectivity index (χ1n) is 6.20. The van der Waals surface area contributed by atoms with Gasteiger partial charge in [-0.05, 0) is 49.2 Å². The van der Waals surface area contributed by atoms with Crippen molar-refractivity contribution < 1.29 is 9.63 Å². The van der Waals surface area contributed by atoms with E-state index in [-0.39, 0.29) is 11.6 Å². The van der Waals surface area contributed by atoms with Crippen LogP contribution in [0.1, 0.15) is 11.1 Å². The van der Waals surface area contributed by atoms with Crippen molar-refractivity contribution in [2.24, 2.45) is 0 Å². The van der Waals surface area contributed by atoms with Gasteiger partial charge in [0.2, 0.25) is 5.82 Å². The average Bonchev–Trinajstić information content (AvgIpc) is 2.88. The van der Waals surface area contributed by atoms with Gasteiger partial charge < -0.3 is 9.63 Å². The number of hydrogen-bond acceptors (Lipinski definition) is 5. The van der Waals surface area contributed by atoms with Crippen molar-refractivity contribution in [3.05, 3.63) is 47.7 Å². The molecule has 3 rings (SSSR count). The normalized spacial score (nSPS) is 10.7. The van der Waals surface area contributed by atoms with Crippen molar-refractivity contribution in [3.63, 3.8) is 0 Å². The summed E-state index contributed by atoms with van der Waals surface area (Å²) in [6.07, 6.45) is 1.70. The standard InChI is InChI=1S/C15H13N3O2/c1-9-3-4-11(13(19)8-9)15-17-14(18-20-15)12-7-10(2)5-6-16-12/h3-8,19H,1-2H3. The van der Waals surface area contributed by atoms with Crippen LogP contribution >= 0.6 is 0 Å². The molecule has 0 saturated heterocycles. The minimum absolute atomic E-state index is 0.123. The first-order valence-corrected chi connectivity index (χ1v) is 6.20. The lowest BCUT2D eigenvalue weighted by Gasteiger charge is -1.99. The zero-order valence-corrected chi connectivity index (χ0v) is 11.2. The summed E-state index contributed by atoms with van der Waals surface area (Å²) in [5.74, 6) is 0.807. The van der Waals surface area contributed by atoms with Crippen molar-refractivity contribution in [2.75, 3.05) is 0 Å². The minimum Gasteiger partial charge on any atom is -0.507 e. The monoisotopic (exact) mass is 267 g/mol. The lowest BCUT2D eigenvalue weighted by atomic mass is 10.1. The quantitative estimate of drug-likeness (QED) is 0.772. The van der Waals surface area contributed by atoms with Crippen LogP contribution in [0.3, 0.4) is 0 Å². The molecule has 0 fully saturated rings. The van der Waals surface area contributed by atoms with E-state index in [0.717, 1.165) is 11.1 Å². The molecule has 5 nitrogen and oxygen atoms in total. The van der Waals surface area contributed by atoms with Crippen molar-refractivity contribution >= 4 is 0 Å². The lowest BCUT2D eigenvalue weighted by molar-refractivity contribution is 0.425. The van der Waals surface area contributed by atoms with Gasteiger partial charge in [-0.3, -0.25) is 4.98 Å². The second-order valence-corrected chi connectivity index (χ2v) is 4.66. The van der Waals surface area contributed by atoms with Crippen LogP contribution in [0.25, 0.3) is 23.0 Å². The second kappa shape index (κ2) is 4.77. The Labute approximate surface area is 115 Å². The molecule has 0 amide bonds. The highest BCUT2D eigenvalue weighted by Gasteiger charge is 2.14. The summed E-state index contributed by atoms with van der Waals surface area (Å²) in [5.41, 5.74) is 3.19. The molecule has 0 aliphatic rings. The van der Waals surface area contributed by atoms with E-state index in [1.807, 2.05) is 32.0 Å². The summed E-state index contributed by atoms with van der Waals surface area (Å²) >= 11 is 0. The number of hydrogen-bond donors (Lipinski definition) is 1. The predicted octanol–water partition coefficient (Wildman–Crippen LogP) is 3.12. The molecule has 1 aromatic carbocycles. The van der Waals surface area contributed by atoms with Crippen molar-refractivity contribution in [1.82, 2.24) is 15.1 Å². The molecule has 2 aromatic heterocycles. The highest BCUT2D eigenvalue weighted by atomic mass is 16.5. The van der Waals surface area contributed by atoms with E-state index in [2.05, 4.69) is 15.1 Å². The van der Waals surface area contributed by atoms with Gasteiger partial charge >= 0.3 is 0 Å². The largest absolute Gasteiger partial charge is 0.507 e. The van der Waals surface area contributed by atoms with E-state index in [1.54, 1.807) is 18.3 Å². The average molecular weight is 267 g/mol. The molecule has 3 aromatic rings. The fourth-order valence-electron chi connectivity index (χ4n) is 1.92. The van der Waals surface area contributed by atoms with Crippen LogP contribution < -0.4 is 0 Å². The maximum Gasteiger partial charge on any atom is 0.262 e. The fraction of sp³-hybridized carbons (Fsp3) is 0.133. The molecule has 0 spiro atoms. The Bertz CT molecular complexity index is 765. The van der Waals surface area contributed by atoms with Crippen LogP contribution in [0.2, 0.25) is 0 Å². The minimum atomic E-state index is 0.123. The van der Waals surface area contributed by atoms with Crippen LogP contribution in [0.15, 0.2) is 41.1 Å². The molecule has 0 aliphatic heterocycles. The number of benzene rings is 1. The molecule has 0 unspecified atom stereocenters. The van der Waals surface area contributed by atoms with Crippen LogP contribution in [0.5, 0.6) is 5.75 Å². The van der Waals surface area contributed by atoms with Gasteiger partial charge in [0.25, 0.3) is 5.89 Å². The zero-order valence-electron chi connectivity index (χ0n) is 11.2. The molecular weight excluding hydrogens is 254 g/mol. The summed E-state index contributed by atoms with van der Waals surface area (Å²) < 4.78 is 5.20. The van der Waals surface area contributed by atoms with Crippen LogP contribution in [0.4, 0.5) is 0 Å². The molecule has 1 N–H and O–H groups in total. The number of phenolic OH excluding ortho intramolecular Hbond substituents is 1.